The van der Waals surface area contributed by atoms with Crippen LogP contribution in [0.2, 0.25) is 0 Å². The Kier molecular flexibility index (Phi) is 8.72. The van der Waals surface area contributed by atoms with E-state index in [-0.39, 0.29) is 22.6 Å². The summed E-state index contributed by atoms with van der Waals surface area (Å²) in [4.78, 5) is 4.95. The quantitative estimate of drug-likeness (QED) is 0.362. The van der Waals surface area contributed by atoms with Gasteiger partial charge in [-0.15, -0.1) is 0 Å². The van der Waals surface area contributed by atoms with Crippen molar-refractivity contribution in [1.82, 2.24) is 10.4 Å². The van der Waals surface area contributed by atoms with Crippen molar-refractivity contribution in [3.63, 3.8) is 0 Å². The number of aliphatic imine (C=N–C) groups is 1. The highest BCUT2D eigenvalue weighted by atomic mass is 19.1. The van der Waals surface area contributed by atoms with Gasteiger partial charge in [0.2, 0.25) is 0 Å². The topological polar surface area (TPSA) is 27.6 Å². The van der Waals surface area contributed by atoms with Gasteiger partial charge < -0.3 is 0 Å². The zero-order valence-corrected chi connectivity index (χ0v) is 21.6. The van der Waals surface area contributed by atoms with Gasteiger partial charge in [-0.1, -0.05) is 51.1 Å². The van der Waals surface area contributed by atoms with Crippen molar-refractivity contribution in [2.45, 2.75) is 73.4 Å². The van der Waals surface area contributed by atoms with E-state index >= 15 is 0 Å². The third-order valence-corrected chi connectivity index (χ3v) is 5.82. The molecule has 0 aromatic heterocycles. The molecule has 0 saturated heterocycles. The van der Waals surface area contributed by atoms with E-state index in [9.17, 15) is 8.78 Å². The van der Waals surface area contributed by atoms with Gasteiger partial charge in [0, 0.05) is 23.9 Å². The van der Waals surface area contributed by atoms with E-state index in [2.05, 4.69) is 71.0 Å². The standard InChI is InChI=1S/C28H39F2N3/c1-19(17-21-13-11-10-12-14-21)25(26(27(3,4)5)32-33(9)28(6,7)8)31-20(2)23-18-22(29)15-16-24(23)30/h10-16,18,26,32H,17H2,1-9H3/b25-19+,31-20?. The first-order valence-corrected chi connectivity index (χ1v) is 11.4. The van der Waals surface area contributed by atoms with Crippen LogP contribution in [0.1, 0.15) is 66.5 Å². The third kappa shape index (κ3) is 7.58. The number of hydrogen-bond donors (Lipinski definition) is 1. The van der Waals surface area contributed by atoms with Gasteiger partial charge in [0.15, 0.2) is 0 Å². The Morgan fingerprint density at radius 3 is 2.12 bits per heavy atom. The number of allylic oxidation sites excluding steroid dienone is 1. The van der Waals surface area contributed by atoms with E-state index in [1.165, 1.54) is 11.6 Å². The van der Waals surface area contributed by atoms with Gasteiger partial charge in [-0.05, 0) is 75.8 Å². The lowest BCUT2D eigenvalue weighted by Gasteiger charge is -2.41. The van der Waals surface area contributed by atoms with Crippen LogP contribution in [0.25, 0.3) is 0 Å². The van der Waals surface area contributed by atoms with Gasteiger partial charge in [0.05, 0.1) is 11.7 Å². The van der Waals surface area contributed by atoms with Crippen LogP contribution in [0.4, 0.5) is 8.78 Å². The molecule has 0 amide bonds. The predicted molar refractivity (Wildman–Crippen MR) is 135 cm³/mol. The van der Waals surface area contributed by atoms with Crippen molar-refractivity contribution < 1.29 is 8.78 Å². The summed E-state index contributed by atoms with van der Waals surface area (Å²) in [5.74, 6) is -0.963. The van der Waals surface area contributed by atoms with Crippen molar-refractivity contribution in [2.24, 2.45) is 10.4 Å². The summed E-state index contributed by atoms with van der Waals surface area (Å²) in [6.45, 7) is 16.7. The van der Waals surface area contributed by atoms with Crippen LogP contribution >= 0.6 is 0 Å². The van der Waals surface area contributed by atoms with Crippen molar-refractivity contribution in [3.05, 3.63) is 82.6 Å². The van der Waals surface area contributed by atoms with Gasteiger partial charge in [-0.25, -0.2) is 19.2 Å². The van der Waals surface area contributed by atoms with Crippen LogP contribution in [-0.2, 0) is 6.42 Å². The first-order valence-electron chi connectivity index (χ1n) is 11.4. The molecule has 0 aliphatic carbocycles. The summed E-state index contributed by atoms with van der Waals surface area (Å²) in [5, 5.41) is 2.09. The molecule has 2 rings (SSSR count). The molecule has 1 atom stereocenters. The van der Waals surface area contributed by atoms with Crippen LogP contribution in [0.15, 0.2) is 64.8 Å². The van der Waals surface area contributed by atoms with E-state index in [1.807, 2.05) is 25.2 Å². The minimum Gasteiger partial charge on any atom is -0.256 e. The molecule has 0 heterocycles. The lowest BCUT2D eigenvalue weighted by atomic mass is 9.83. The highest BCUT2D eigenvalue weighted by molar-refractivity contribution is 5.99. The minimum atomic E-state index is -0.482. The summed E-state index contributed by atoms with van der Waals surface area (Å²) in [5.41, 5.74) is 7.05. The lowest BCUT2D eigenvalue weighted by Crippen LogP contribution is -2.56. The summed E-state index contributed by atoms with van der Waals surface area (Å²) >= 11 is 0. The zero-order chi connectivity index (χ0) is 25.0. The average Bonchev–Trinajstić information content (AvgIpc) is 2.71. The molecule has 3 nitrogen and oxygen atoms in total. The molecule has 0 bridgehead atoms. The predicted octanol–water partition coefficient (Wildman–Crippen LogP) is 6.94. The average molecular weight is 456 g/mol. The maximum absolute atomic E-state index is 14.5. The smallest absolute Gasteiger partial charge is 0.132 e. The first-order chi connectivity index (χ1) is 15.2. The van der Waals surface area contributed by atoms with Gasteiger partial charge in [0.25, 0.3) is 0 Å². The molecule has 0 spiro atoms. The fraction of sp³-hybridized carbons (Fsp3) is 0.464. The fourth-order valence-electron chi connectivity index (χ4n) is 3.47. The number of nitrogens with one attached hydrogen (secondary N) is 1. The van der Waals surface area contributed by atoms with E-state index in [1.54, 1.807) is 6.92 Å². The Balaban J connectivity index is 2.66. The molecule has 180 valence electrons. The number of benzene rings is 2. The SMILES string of the molecule is CC(=N/C(=C(\C)Cc1ccccc1)C(NN(C)C(C)(C)C)C(C)(C)C)c1cc(F)ccc1F. The summed E-state index contributed by atoms with van der Waals surface area (Å²) in [7, 11) is 2.02. The second-order valence-electron chi connectivity index (χ2n) is 10.8. The number of halogens is 2. The number of hydrazine groups is 1. The number of nitrogens with zero attached hydrogens (tertiary/aromatic N) is 2. The molecule has 0 radical (unpaired) electrons. The maximum Gasteiger partial charge on any atom is 0.132 e. The monoisotopic (exact) mass is 455 g/mol. The molecule has 2 aromatic carbocycles. The Hall–Kier alpha value is -2.37. The molecule has 1 unspecified atom stereocenters. The Bertz CT molecular complexity index is 996. The fourth-order valence-corrected chi connectivity index (χ4v) is 3.47. The number of hydrogen-bond acceptors (Lipinski definition) is 3. The minimum absolute atomic E-state index is 0.116. The van der Waals surface area contributed by atoms with Crippen molar-refractivity contribution in [2.75, 3.05) is 7.05 Å². The summed E-state index contributed by atoms with van der Waals surface area (Å²) in [6.07, 6.45) is 0.714. The Morgan fingerprint density at radius 2 is 1.58 bits per heavy atom. The molecule has 5 heteroatoms. The van der Waals surface area contributed by atoms with Crippen LogP contribution in [0.3, 0.4) is 0 Å². The Morgan fingerprint density at radius 1 is 0.970 bits per heavy atom. The molecule has 0 aliphatic heterocycles. The van der Waals surface area contributed by atoms with Crippen molar-refractivity contribution in [3.8, 4) is 0 Å². The zero-order valence-electron chi connectivity index (χ0n) is 21.6. The molecule has 0 aliphatic rings. The normalized spacial score (nSPS) is 15.0. The van der Waals surface area contributed by atoms with Crippen LogP contribution in [0.5, 0.6) is 0 Å². The molecular formula is C28H39F2N3. The Labute approximate surface area is 198 Å². The molecule has 0 saturated carbocycles. The van der Waals surface area contributed by atoms with E-state index in [0.29, 0.717) is 12.1 Å². The molecule has 2 aromatic rings. The maximum atomic E-state index is 14.5. The lowest BCUT2D eigenvalue weighted by molar-refractivity contribution is 0.0649. The largest absolute Gasteiger partial charge is 0.256 e. The van der Waals surface area contributed by atoms with E-state index in [0.717, 1.165) is 23.4 Å². The molecule has 1 N–H and O–H groups in total. The third-order valence-electron chi connectivity index (χ3n) is 5.82. The second-order valence-corrected chi connectivity index (χ2v) is 10.8. The number of rotatable bonds is 7. The van der Waals surface area contributed by atoms with Crippen molar-refractivity contribution in [1.29, 1.82) is 0 Å². The van der Waals surface area contributed by atoms with Gasteiger partial charge in [-0.2, -0.15) is 0 Å². The molecular weight excluding hydrogens is 416 g/mol. The van der Waals surface area contributed by atoms with Crippen LogP contribution in [-0.4, -0.2) is 29.3 Å². The van der Waals surface area contributed by atoms with Gasteiger partial charge in [0.1, 0.15) is 11.6 Å². The van der Waals surface area contributed by atoms with Crippen LogP contribution < -0.4 is 5.43 Å². The molecule has 0 fully saturated rings. The first kappa shape index (κ1) is 26.9. The highest BCUT2D eigenvalue weighted by Crippen LogP contribution is 2.31. The van der Waals surface area contributed by atoms with E-state index < -0.39 is 11.6 Å². The summed E-state index contributed by atoms with van der Waals surface area (Å²) in [6, 6.07) is 13.5. The van der Waals surface area contributed by atoms with E-state index in [4.69, 9.17) is 4.99 Å². The van der Waals surface area contributed by atoms with Gasteiger partial charge >= 0.3 is 0 Å². The highest BCUT2D eigenvalue weighted by Gasteiger charge is 2.33. The summed E-state index contributed by atoms with van der Waals surface area (Å²) < 4.78 is 28.4. The second kappa shape index (κ2) is 10.7. The van der Waals surface area contributed by atoms with Gasteiger partial charge in [-0.3, -0.25) is 4.99 Å². The van der Waals surface area contributed by atoms with Crippen molar-refractivity contribution >= 4 is 5.71 Å². The van der Waals surface area contributed by atoms with Crippen LogP contribution in [0, 0.1) is 17.0 Å². The molecule has 33 heavy (non-hydrogen) atoms.